The normalized spacial score (nSPS) is 12.0. The molecule has 0 bridgehead atoms. The van der Waals surface area contributed by atoms with Crippen molar-refractivity contribution in [1.82, 2.24) is 14.6 Å². The smallest absolute Gasteiger partial charge is 0.241 e. The molecule has 3 rings (SSSR count). The van der Waals surface area contributed by atoms with Gasteiger partial charge in [-0.1, -0.05) is 37.3 Å². The molecule has 142 valence electrons. The SMILES string of the molecule is CCN(C)Cc1cccc(CNS(=O)(=O)c2ccc(C)c3ncccc23)c1. The fraction of sp³-hybridized carbons (Fsp3) is 0.286. The summed E-state index contributed by atoms with van der Waals surface area (Å²) in [5.74, 6) is 0. The first kappa shape index (κ1) is 19.5. The van der Waals surface area contributed by atoms with Gasteiger partial charge in [-0.25, -0.2) is 13.1 Å². The molecule has 0 aliphatic carbocycles. The molecule has 0 saturated heterocycles. The Bertz CT molecular complexity index is 1050. The maximum atomic E-state index is 12.9. The zero-order valence-corrected chi connectivity index (χ0v) is 16.8. The Hall–Kier alpha value is -2.28. The van der Waals surface area contributed by atoms with Gasteiger partial charge in [0, 0.05) is 24.7 Å². The van der Waals surface area contributed by atoms with E-state index in [1.165, 1.54) is 5.56 Å². The van der Waals surface area contributed by atoms with Crippen molar-refractivity contribution in [2.75, 3.05) is 13.6 Å². The summed E-state index contributed by atoms with van der Waals surface area (Å²) in [6, 6.07) is 15.0. The second kappa shape index (κ2) is 8.17. The predicted octanol–water partition coefficient (Wildman–Crippen LogP) is 3.47. The fourth-order valence-corrected chi connectivity index (χ4v) is 4.25. The van der Waals surface area contributed by atoms with Gasteiger partial charge in [0.05, 0.1) is 10.4 Å². The molecule has 0 saturated carbocycles. The van der Waals surface area contributed by atoms with Crippen molar-refractivity contribution < 1.29 is 8.42 Å². The molecular formula is C21H25N3O2S. The van der Waals surface area contributed by atoms with Crippen molar-refractivity contribution in [3.8, 4) is 0 Å². The topological polar surface area (TPSA) is 62.3 Å². The van der Waals surface area contributed by atoms with Crippen LogP contribution in [0.3, 0.4) is 0 Å². The number of sulfonamides is 1. The number of rotatable bonds is 7. The number of aryl methyl sites for hydroxylation is 1. The van der Waals surface area contributed by atoms with E-state index in [1.807, 2.05) is 25.1 Å². The maximum absolute atomic E-state index is 12.9. The van der Waals surface area contributed by atoms with Gasteiger partial charge in [0.25, 0.3) is 0 Å². The second-order valence-corrected chi connectivity index (χ2v) is 8.49. The van der Waals surface area contributed by atoms with E-state index >= 15 is 0 Å². The lowest BCUT2D eigenvalue weighted by molar-refractivity contribution is 0.345. The molecule has 0 amide bonds. The third-order valence-corrected chi connectivity index (χ3v) is 6.13. The summed E-state index contributed by atoms with van der Waals surface area (Å²) in [4.78, 5) is 6.79. The molecule has 3 aromatic rings. The summed E-state index contributed by atoms with van der Waals surface area (Å²) in [5, 5.41) is 0.642. The van der Waals surface area contributed by atoms with E-state index < -0.39 is 10.0 Å². The molecule has 2 aromatic carbocycles. The van der Waals surface area contributed by atoms with Crippen LogP contribution < -0.4 is 4.72 Å². The van der Waals surface area contributed by atoms with Crippen molar-refractivity contribution in [2.24, 2.45) is 0 Å². The number of hydrogen-bond donors (Lipinski definition) is 1. The average Bonchev–Trinajstić information content (AvgIpc) is 2.67. The summed E-state index contributed by atoms with van der Waals surface area (Å²) >= 11 is 0. The summed E-state index contributed by atoms with van der Waals surface area (Å²) in [6.07, 6.45) is 1.68. The Morgan fingerprint density at radius 2 is 1.85 bits per heavy atom. The first-order chi connectivity index (χ1) is 12.9. The van der Waals surface area contributed by atoms with Crippen LogP contribution in [0.2, 0.25) is 0 Å². The zero-order chi connectivity index (χ0) is 19.4. The molecule has 0 atom stereocenters. The summed E-state index contributed by atoms with van der Waals surface area (Å²) in [6.45, 7) is 6.09. The van der Waals surface area contributed by atoms with Gasteiger partial charge in [0.15, 0.2) is 0 Å². The van der Waals surface area contributed by atoms with Gasteiger partial charge in [-0.3, -0.25) is 4.98 Å². The van der Waals surface area contributed by atoms with Crippen LogP contribution in [0, 0.1) is 6.92 Å². The Morgan fingerprint density at radius 1 is 1.07 bits per heavy atom. The summed E-state index contributed by atoms with van der Waals surface area (Å²) in [7, 11) is -1.58. The van der Waals surface area contributed by atoms with Gasteiger partial charge in [-0.2, -0.15) is 0 Å². The Kier molecular flexibility index (Phi) is 5.89. The number of nitrogens with zero attached hydrogens (tertiary/aromatic N) is 2. The molecule has 0 aliphatic heterocycles. The molecule has 0 fully saturated rings. The molecule has 1 N–H and O–H groups in total. The molecule has 0 radical (unpaired) electrons. The molecule has 27 heavy (non-hydrogen) atoms. The molecule has 1 heterocycles. The third kappa shape index (κ3) is 4.53. The van der Waals surface area contributed by atoms with Crippen LogP contribution in [0.25, 0.3) is 10.9 Å². The van der Waals surface area contributed by atoms with Crippen molar-refractivity contribution in [3.05, 3.63) is 71.4 Å². The molecule has 0 unspecified atom stereocenters. The Balaban J connectivity index is 1.82. The minimum atomic E-state index is -3.64. The van der Waals surface area contributed by atoms with Crippen LogP contribution in [0.15, 0.2) is 59.6 Å². The minimum absolute atomic E-state index is 0.252. The number of aromatic nitrogens is 1. The Morgan fingerprint density at radius 3 is 2.63 bits per heavy atom. The van der Waals surface area contributed by atoms with E-state index in [4.69, 9.17) is 0 Å². The van der Waals surface area contributed by atoms with E-state index in [0.717, 1.165) is 24.2 Å². The molecule has 6 heteroatoms. The molecule has 1 aromatic heterocycles. The fourth-order valence-electron chi connectivity index (χ4n) is 3.04. The van der Waals surface area contributed by atoms with Crippen molar-refractivity contribution in [2.45, 2.75) is 31.8 Å². The zero-order valence-electron chi connectivity index (χ0n) is 15.9. The summed E-state index contributed by atoms with van der Waals surface area (Å²) in [5.41, 5.74) is 3.78. The second-order valence-electron chi connectivity index (χ2n) is 6.76. The highest BCUT2D eigenvalue weighted by molar-refractivity contribution is 7.89. The molecular weight excluding hydrogens is 358 g/mol. The van der Waals surface area contributed by atoms with Crippen LogP contribution in [0.1, 0.15) is 23.6 Å². The van der Waals surface area contributed by atoms with Gasteiger partial charge < -0.3 is 4.90 Å². The number of hydrogen-bond acceptors (Lipinski definition) is 4. The highest BCUT2D eigenvalue weighted by Crippen LogP contribution is 2.24. The van der Waals surface area contributed by atoms with E-state index in [1.54, 1.807) is 30.5 Å². The van der Waals surface area contributed by atoms with Crippen molar-refractivity contribution in [3.63, 3.8) is 0 Å². The largest absolute Gasteiger partial charge is 0.302 e. The van der Waals surface area contributed by atoms with Gasteiger partial charge >= 0.3 is 0 Å². The van der Waals surface area contributed by atoms with Crippen molar-refractivity contribution >= 4 is 20.9 Å². The van der Waals surface area contributed by atoms with Crippen LogP contribution in [0.5, 0.6) is 0 Å². The minimum Gasteiger partial charge on any atom is -0.302 e. The van der Waals surface area contributed by atoms with Crippen LogP contribution in [-0.4, -0.2) is 31.9 Å². The first-order valence-electron chi connectivity index (χ1n) is 9.01. The molecule has 0 spiro atoms. The number of fused-ring (bicyclic) bond motifs is 1. The van der Waals surface area contributed by atoms with Crippen LogP contribution >= 0.6 is 0 Å². The van der Waals surface area contributed by atoms with Crippen molar-refractivity contribution in [1.29, 1.82) is 0 Å². The highest BCUT2D eigenvalue weighted by Gasteiger charge is 2.18. The third-order valence-electron chi connectivity index (χ3n) is 4.67. The number of pyridine rings is 1. The highest BCUT2D eigenvalue weighted by atomic mass is 32.2. The van der Waals surface area contributed by atoms with E-state index in [9.17, 15) is 8.42 Å². The van der Waals surface area contributed by atoms with E-state index in [2.05, 4.69) is 34.6 Å². The maximum Gasteiger partial charge on any atom is 0.241 e. The molecule has 5 nitrogen and oxygen atoms in total. The lowest BCUT2D eigenvalue weighted by Gasteiger charge is -2.15. The Labute approximate surface area is 161 Å². The lowest BCUT2D eigenvalue weighted by atomic mass is 10.1. The first-order valence-corrected chi connectivity index (χ1v) is 10.5. The quantitative estimate of drug-likeness (QED) is 0.679. The van der Waals surface area contributed by atoms with Crippen LogP contribution in [-0.2, 0) is 23.1 Å². The number of nitrogens with one attached hydrogen (secondary N) is 1. The average molecular weight is 384 g/mol. The van der Waals surface area contributed by atoms with E-state index in [-0.39, 0.29) is 11.4 Å². The lowest BCUT2D eigenvalue weighted by Crippen LogP contribution is -2.24. The number of benzene rings is 2. The monoisotopic (exact) mass is 383 g/mol. The van der Waals surface area contributed by atoms with Gasteiger partial charge in [0.2, 0.25) is 10.0 Å². The predicted molar refractivity (Wildman–Crippen MR) is 109 cm³/mol. The van der Waals surface area contributed by atoms with Crippen LogP contribution in [0.4, 0.5) is 0 Å². The van der Waals surface area contributed by atoms with Gasteiger partial charge in [-0.05, 0) is 55.4 Å². The van der Waals surface area contributed by atoms with Gasteiger partial charge in [-0.15, -0.1) is 0 Å². The molecule has 0 aliphatic rings. The van der Waals surface area contributed by atoms with Gasteiger partial charge in [0.1, 0.15) is 0 Å². The standard InChI is InChI=1S/C21H25N3O2S/c1-4-24(3)15-18-8-5-7-17(13-18)14-23-27(25,26)20-11-10-16(2)21-19(20)9-6-12-22-21/h5-13,23H,4,14-15H2,1-3H3. The van der Waals surface area contributed by atoms with E-state index in [0.29, 0.717) is 10.9 Å². The summed E-state index contributed by atoms with van der Waals surface area (Å²) < 4.78 is 28.5.